The summed E-state index contributed by atoms with van der Waals surface area (Å²) in [6.45, 7) is 9.54. The van der Waals surface area contributed by atoms with Gasteiger partial charge in [-0.1, -0.05) is 72.8 Å². The van der Waals surface area contributed by atoms with Gasteiger partial charge in [-0.2, -0.15) is 10.2 Å². The summed E-state index contributed by atoms with van der Waals surface area (Å²) >= 11 is 0. The summed E-state index contributed by atoms with van der Waals surface area (Å²) in [7, 11) is 0. The average molecular weight is 769 g/mol. The molecule has 1 radical (unpaired) electrons. The van der Waals surface area contributed by atoms with Crippen molar-refractivity contribution in [3.8, 4) is 23.0 Å². The summed E-state index contributed by atoms with van der Waals surface area (Å²) in [6.07, 6.45) is 9.60. The molecule has 2 unspecified atom stereocenters. The fourth-order valence-corrected chi connectivity index (χ4v) is 4.62. The van der Waals surface area contributed by atoms with E-state index in [1.54, 1.807) is 34.2 Å². The van der Waals surface area contributed by atoms with Crippen LogP contribution >= 0.6 is 0 Å². The van der Waals surface area contributed by atoms with Crippen molar-refractivity contribution in [2.75, 3.05) is 13.2 Å². The van der Waals surface area contributed by atoms with Gasteiger partial charge in [0.1, 0.15) is 60.5 Å². The number of hydrogen-bond donors (Lipinski definition) is 0. The van der Waals surface area contributed by atoms with E-state index in [-0.39, 0.29) is 54.1 Å². The molecule has 0 aliphatic heterocycles. The molecule has 6 aromatic rings. The van der Waals surface area contributed by atoms with Crippen LogP contribution in [0.3, 0.4) is 0 Å². The summed E-state index contributed by atoms with van der Waals surface area (Å²) in [5.74, 6) is 3.20. The standard InChI is InChI=1S/2C19H19N3O2.2ClH.Mn/c2*1-2-12-23-19(13-22-15-20-14-21-22)16-8-10-18(11-9-16)24-17-6-4-3-5-7-17;;;/h2*2-11,14-15,19H,1,12-13H2;2*1H;/q;;;;+2/p-2. The number of rotatable bonds is 16. The van der Waals surface area contributed by atoms with Gasteiger partial charge < -0.3 is 43.8 Å². The zero-order valence-corrected chi connectivity index (χ0v) is 30.4. The minimum Gasteiger partial charge on any atom is -1.00 e. The molecule has 0 fully saturated rings. The number of nitrogens with zero attached hydrogens (tertiary/aromatic N) is 6. The predicted octanol–water partition coefficient (Wildman–Crippen LogP) is 2.03. The second-order valence-electron chi connectivity index (χ2n) is 10.4. The molecule has 6 rings (SSSR count). The summed E-state index contributed by atoms with van der Waals surface area (Å²) in [4.78, 5) is 7.93. The van der Waals surface area contributed by atoms with E-state index in [4.69, 9.17) is 18.9 Å². The van der Waals surface area contributed by atoms with E-state index in [2.05, 4.69) is 33.3 Å². The molecule has 2 aromatic heterocycles. The van der Waals surface area contributed by atoms with Crippen molar-refractivity contribution >= 4 is 0 Å². The molecule has 0 aliphatic rings. The Labute approximate surface area is 321 Å². The van der Waals surface area contributed by atoms with E-state index in [0.717, 1.165) is 34.1 Å². The van der Waals surface area contributed by atoms with Crippen molar-refractivity contribution in [2.24, 2.45) is 0 Å². The molecule has 0 spiro atoms. The number of ether oxygens (including phenoxy) is 4. The first-order valence-corrected chi connectivity index (χ1v) is 15.5. The molecule has 2 heterocycles. The minimum atomic E-state index is -0.129. The third-order valence-electron chi connectivity index (χ3n) is 6.93. The van der Waals surface area contributed by atoms with Gasteiger partial charge in [-0.05, 0) is 59.7 Å². The quantitative estimate of drug-likeness (QED) is 0.109. The van der Waals surface area contributed by atoms with E-state index in [9.17, 15) is 0 Å². The molecule has 0 N–H and O–H groups in total. The zero-order valence-electron chi connectivity index (χ0n) is 27.7. The van der Waals surface area contributed by atoms with Gasteiger partial charge in [-0.3, -0.25) is 9.36 Å². The summed E-state index contributed by atoms with van der Waals surface area (Å²) in [5.41, 5.74) is 2.10. The third-order valence-corrected chi connectivity index (χ3v) is 6.93. The van der Waals surface area contributed by atoms with Gasteiger partial charge in [0.05, 0.1) is 26.3 Å². The molecule has 10 nitrogen and oxygen atoms in total. The van der Waals surface area contributed by atoms with Crippen molar-refractivity contribution in [1.29, 1.82) is 0 Å². The van der Waals surface area contributed by atoms with Gasteiger partial charge in [0.15, 0.2) is 0 Å². The smallest absolute Gasteiger partial charge is 1.00 e. The molecular formula is C38H38Cl2MnN6O4. The Morgan fingerprint density at radius 2 is 0.882 bits per heavy atom. The van der Waals surface area contributed by atoms with Gasteiger partial charge >= 0.3 is 17.1 Å². The van der Waals surface area contributed by atoms with Crippen LogP contribution in [-0.4, -0.2) is 42.7 Å². The second-order valence-corrected chi connectivity index (χ2v) is 10.4. The Kier molecular flexibility index (Phi) is 19.7. The summed E-state index contributed by atoms with van der Waals surface area (Å²) in [5, 5.41) is 8.28. The van der Waals surface area contributed by atoms with E-state index in [1.807, 2.05) is 109 Å². The number of benzene rings is 4. The average Bonchev–Trinajstić information content (AvgIpc) is 3.86. The van der Waals surface area contributed by atoms with E-state index in [0.29, 0.717) is 26.3 Å². The Balaban J connectivity index is 0.000000334. The molecule has 2 atom stereocenters. The van der Waals surface area contributed by atoms with Crippen LogP contribution in [0.25, 0.3) is 0 Å². The van der Waals surface area contributed by atoms with Crippen molar-refractivity contribution in [3.05, 3.63) is 171 Å². The fraction of sp³-hybridized carbons (Fsp3) is 0.158. The largest absolute Gasteiger partial charge is 2.00 e. The van der Waals surface area contributed by atoms with Gasteiger partial charge in [0.25, 0.3) is 0 Å². The van der Waals surface area contributed by atoms with Crippen LogP contribution in [0.2, 0.25) is 0 Å². The van der Waals surface area contributed by atoms with E-state index in [1.165, 1.54) is 12.7 Å². The normalized spacial score (nSPS) is 11.1. The summed E-state index contributed by atoms with van der Waals surface area (Å²) in [6, 6.07) is 35.2. The first kappa shape index (κ1) is 42.4. The van der Waals surface area contributed by atoms with Crippen LogP contribution in [0.4, 0.5) is 0 Å². The number of hydrogen-bond acceptors (Lipinski definition) is 8. The Morgan fingerprint density at radius 3 is 1.20 bits per heavy atom. The van der Waals surface area contributed by atoms with Gasteiger partial charge in [-0.25, -0.2) is 9.97 Å². The first-order chi connectivity index (χ1) is 23.7. The topological polar surface area (TPSA) is 98.3 Å². The van der Waals surface area contributed by atoms with E-state index >= 15 is 0 Å². The molecule has 51 heavy (non-hydrogen) atoms. The predicted molar refractivity (Wildman–Crippen MR) is 184 cm³/mol. The maximum absolute atomic E-state index is 5.86. The van der Waals surface area contributed by atoms with Gasteiger partial charge in [0, 0.05) is 0 Å². The zero-order chi connectivity index (χ0) is 33.2. The Bertz CT molecular complexity index is 1630. The van der Waals surface area contributed by atoms with Crippen LogP contribution in [0.5, 0.6) is 23.0 Å². The number of aromatic nitrogens is 6. The molecule has 0 bridgehead atoms. The van der Waals surface area contributed by atoms with Crippen LogP contribution in [0, 0.1) is 0 Å². The molecule has 4 aromatic carbocycles. The van der Waals surface area contributed by atoms with Gasteiger partial charge in [0.2, 0.25) is 0 Å². The van der Waals surface area contributed by atoms with Crippen molar-refractivity contribution in [1.82, 2.24) is 29.5 Å². The van der Waals surface area contributed by atoms with E-state index < -0.39 is 0 Å². The number of halogens is 2. The van der Waals surface area contributed by atoms with Gasteiger partial charge in [-0.15, -0.1) is 13.2 Å². The Hall–Kier alpha value is -4.74. The summed E-state index contributed by atoms with van der Waals surface area (Å²) < 4.78 is 26.9. The van der Waals surface area contributed by atoms with Crippen molar-refractivity contribution in [3.63, 3.8) is 0 Å². The maximum Gasteiger partial charge on any atom is 2.00 e. The molecule has 265 valence electrons. The molecule has 0 amide bonds. The van der Waals surface area contributed by atoms with Crippen LogP contribution in [-0.2, 0) is 39.6 Å². The first-order valence-electron chi connectivity index (χ1n) is 15.5. The van der Waals surface area contributed by atoms with Crippen LogP contribution in [0.15, 0.2) is 160 Å². The van der Waals surface area contributed by atoms with Crippen molar-refractivity contribution in [2.45, 2.75) is 25.3 Å². The minimum absolute atomic E-state index is 0. The van der Waals surface area contributed by atoms with Crippen LogP contribution in [0.1, 0.15) is 23.3 Å². The third kappa shape index (κ3) is 14.2. The number of para-hydroxylation sites is 2. The Morgan fingerprint density at radius 1 is 0.529 bits per heavy atom. The second kappa shape index (κ2) is 23.6. The molecule has 13 heteroatoms. The molecule has 0 saturated carbocycles. The molecule has 0 saturated heterocycles. The monoisotopic (exact) mass is 767 g/mol. The fourth-order valence-electron chi connectivity index (χ4n) is 4.62. The van der Waals surface area contributed by atoms with Crippen molar-refractivity contribution < 1.29 is 60.8 Å². The molecular weight excluding hydrogens is 730 g/mol. The molecule has 0 aliphatic carbocycles. The van der Waals surface area contributed by atoms with Crippen LogP contribution < -0.4 is 34.3 Å². The SMILES string of the molecule is C=CCOC(Cn1cncn1)c1ccc(Oc2ccccc2)cc1.C=CCOC(Cn1cncn1)c1ccc(Oc2ccccc2)cc1.[Cl-].[Cl-].[Mn+2]. The maximum atomic E-state index is 5.86.